The lowest BCUT2D eigenvalue weighted by atomic mass is 10.1. The van der Waals surface area contributed by atoms with Crippen LogP contribution in [0, 0.1) is 18.6 Å². The number of rotatable bonds is 1. The van der Waals surface area contributed by atoms with Crippen molar-refractivity contribution in [2.24, 2.45) is 0 Å². The Balaban J connectivity index is 2.66. The Morgan fingerprint density at radius 1 is 1.27 bits per heavy atom. The fraction of sp³-hybridized carbons (Fsp3) is 0.111. The number of nitrogen functional groups attached to an aromatic ring is 1. The molecule has 0 aliphatic heterocycles. The molecular weight excluding hydrogens is 204 g/mol. The van der Waals surface area contributed by atoms with Crippen LogP contribution in [0.25, 0.3) is 11.5 Å². The maximum Gasteiger partial charge on any atom is 0.313 e. The van der Waals surface area contributed by atoms with Gasteiger partial charge >= 0.3 is 6.01 Å². The van der Waals surface area contributed by atoms with E-state index >= 15 is 0 Å². The highest BCUT2D eigenvalue weighted by Gasteiger charge is 2.17. The summed E-state index contributed by atoms with van der Waals surface area (Å²) in [4.78, 5) is 0. The molecule has 1 aromatic heterocycles. The van der Waals surface area contributed by atoms with Crippen LogP contribution in [0.4, 0.5) is 14.8 Å². The Labute approximate surface area is 83.7 Å². The molecule has 0 radical (unpaired) electrons. The molecule has 4 nitrogen and oxygen atoms in total. The molecule has 0 bridgehead atoms. The molecule has 2 aromatic rings. The van der Waals surface area contributed by atoms with Gasteiger partial charge in [-0.25, -0.2) is 8.78 Å². The average molecular weight is 211 g/mol. The van der Waals surface area contributed by atoms with Crippen molar-refractivity contribution >= 4 is 6.01 Å². The van der Waals surface area contributed by atoms with Gasteiger partial charge in [0.05, 0.1) is 5.56 Å². The highest BCUT2D eigenvalue weighted by Crippen LogP contribution is 2.27. The van der Waals surface area contributed by atoms with E-state index in [0.717, 1.165) is 6.07 Å². The molecule has 1 heterocycles. The quantitative estimate of drug-likeness (QED) is 0.782. The highest BCUT2D eigenvalue weighted by atomic mass is 19.2. The van der Waals surface area contributed by atoms with Gasteiger partial charge in [0.1, 0.15) is 0 Å². The van der Waals surface area contributed by atoms with E-state index in [2.05, 4.69) is 10.2 Å². The van der Waals surface area contributed by atoms with E-state index < -0.39 is 11.6 Å². The van der Waals surface area contributed by atoms with Crippen LogP contribution in [0.1, 0.15) is 5.56 Å². The van der Waals surface area contributed by atoms with Crippen molar-refractivity contribution in [1.29, 1.82) is 0 Å². The number of hydrogen-bond acceptors (Lipinski definition) is 4. The fourth-order valence-corrected chi connectivity index (χ4v) is 1.25. The van der Waals surface area contributed by atoms with Gasteiger partial charge in [-0.05, 0) is 18.6 Å². The van der Waals surface area contributed by atoms with Gasteiger partial charge in [0.2, 0.25) is 0 Å². The van der Waals surface area contributed by atoms with Crippen LogP contribution in [-0.4, -0.2) is 10.2 Å². The van der Waals surface area contributed by atoms with E-state index in [9.17, 15) is 8.78 Å². The van der Waals surface area contributed by atoms with Crippen LogP contribution < -0.4 is 5.73 Å². The van der Waals surface area contributed by atoms with Crippen molar-refractivity contribution in [1.82, 2.24) is 10.2 Å². The first kappa shape index (κ1) is 9.57. The third-order valence-corrected chi connectivity index (χ3v) is 1.96. The van der Waals surface area contributed by atoms with E-state index in [0.29, 0.717) is 5.56 Å². The Morgan fingerprint density at radius 3 is 2.60 bits per heavy atom. The first-order valence-corrected chi connectivity index (χ1v) is 4.13. The summed E-state index contributed by atoms with van der Waals surface area (Å²) in [6.07, 6.45) is 0. The van der Waals surface area contributed by atoms with Crippen LogP contribution >= 0.6 is 0 Å². The van der Waals surface area contributed by atoms with Gasteiger partial charge in [-0.2, -0.15) is 0 Å². The summed E-state index contributed by atoms with van der Waals surface area (Å²) in [6.45, 7) is 1.61. The summed E-state index contributed by atoms with van der Waals surface area (Å²) < 4.78 is 31.2. The lowest BCUT2D eigenvalue weighted by Gasteiger charge is -2.02. The van der Waals surface area contributed by atoms with Crippen molar-refractivity contribution in [2.75, 3.05) is 5.73 Å². The summed E-state index contributed by atoms with van der Waals surface area (Å²) in [7, 11) is 0. The average Bonchev–Trinajstić information content (AvgIpc) is 2.59. The largest absolute Gasteiger partial charge is 0.403 e. The van der Waals surface area contributed by atoms with E-state index in [1.807, 2.05) is 0 Å². The number of hydrogen-bond donors (Lipinski definition) is 1. The number of halogens is 2. The number of aromatic nitrogens is 2. The Kier molecular flexibility index (Phi) is 2.11. The maximum atomic E-state index is 13.4. The van der Waals surface area contributed by atoms with Crippen molar-refractivity contribution in [3.63, 3.8) is 0 Å². The van der Waals surface area contributed by atoms with Crippen LogP contribution in [0.2, 0.25) is 0 Å². The molecule has 0 saturated carbocycles. The highest BCUT2D eigenvalue weighted by molar-refractivity contribution is 5.59. The zero-order valence-electron chi connectivity index (χ0n) is 7.79. The number of nitrogens with two attached hydrogens (primary N) is 1. The molecule has 0 atom stereocenters. The van der Waals surface area contributed by atoms with Gasteiger partial charge in [0.25, 0.3) is 5.89 Å². The lowest BCUT2D eigenvalue weighted by Crippen LogP contribution is -1.93. The molecule has 15 heavy (non-hydrogen) atoms. The molecule has 0 unspecified atom stereocenters. The monoisotopic (exact) mass is 211 g/mol. The number of nitrogens with zero attached hydrogens (tertiary/aromatic N) is 2. The molecule has 1 aromatic carbocycles. The summed E-state index contributed by atoms with van der Waals surface area (Å²) >= 11 is 0. The van der Waals surface area contributed by atoms with Gasteiger partial charge < -0.3 is 10.2 Å². The van der Waals surface area contributed by atoms with Crippen molar-refractivity contribution in [3.05, 3.63) is 29.3 Å². The summed E-state index contributed by atoms with van der Waals surface area (Å²) in [6, 6.07) is 2.27. The molecule has 0 aliphatic rings. The number of benzene rings is 1. The summed E-state index contributed by atoms with van der Waals surface area (Å²) in [5.41, 5.74) is 5.64. The van der Waals surface area contributed by atoms with Gasteiger partial charge in [-0.15, -0.1) is 5.10 Å². The van der Waals surface area contributed by atoms with Crippen molar-refractivity contribution in [2.45, 2.75) is 6.92 Å². The molecule has 0 amide bonds. The van der Waals surface area contributed by atoms with Crippen molar-refractivity contribution < 1.29 is 13.2 Å². The second-order valence-electron chi connectivity index (χ2n) is 3.00. The molecule has 78 valence electrons. The molecule has 0 saturated heterocycles. The SMILES string of the molecule is Cc1ccc(F)c(F)c1-c1nnc(N)o1. The van der Waals surface area contributed by atoms with E-state index in [-0.39, 0.29) is 17.5 Å². The van der Waals surface area contributed by atoms with Gasteiger partial charge in [0, 0.05) is 0 Å². The van der Waals surface area contributed by atoms with Crippen molar-refractivity contribution in [3.8, 4) is 11.5 Å². The Morgan fingerprint density at radius 2 is 2.00 bits per heavy atom. The molecule has 2 N–H and O–H groups in total. The predicted molar refractivity (Wildman–Crippen MR) is 48.8 cm³/mol. The first-order valence-electron chi connectivity index (χ1n) is 4.13. The third kappa shape index (κ3) is 1.54. The van der Waals surface area contributed by atoms with Crippen LogP contribution in [0.5, 0.6) is 0 Å². The standard InChI is InChI=1S/C9H7F2N3O/c1-4-2-3-5(10)7(11)6(4)8-13-14-9(12)15-8/h2-3H,1H3,(H2,12,14). The molecule has 2 rings (SSSR count). The summed E-state index contributed by atoms with van der Waals surface area (Å²) in [5, 5.41) is 6.88. The zero-order chi connectivity index (χ0) is 11.0. The molecule has 0 aliphatic carbocycles. The normalized spacial score (nSPS) is 10.6. The van der Waals surface area contributed by atoms with E-state index in [1.54, 1.807) is 6.92 Å². The topological polar surface area (TPSA) is 64.9 Å². The summed E-state index contributed by atoms with van der Waals surface area (Å²) in [5.74, 6) is -2.10. The minimum atomic E-state index is -1.02. The van der Waals surface area contributed by atoms with E-state index in [4.69, 9.17) is 10.2 Å². The lowest BCUT2D eigenvalue weighted by molar-refractivity contribution is 0.503. The maximum absolute atomic E-state index is 13.4. The first-order chi connectivity index (χ1) is 7.09. The zero-order valence-corrected chi connectivity index (χ0v) is 7.79. The minimum Gasteiger partial charge on any atom is -0.403 e. The van der Waals surface area contributed by atoms with Crippen LogP contribution in [0.3, 0.4) is 0 Å². The fourth-order valence-electron chi connectivity index (χ4n) is 1.25. The molecule has 6 heteroatoms. The van der Waals surface area contributed by atoms with Gasteiger partial charge in [-0.1, -0.05) is 11.2 Å². The van der Waals surface area contributed by atoms with E-state index in [1.165, 1.54) is 6.07 Å². The predicted octanol–water partition coefficient (Wildman–Crippen LogP) is 1.91. The van der Waals surface area contributed by atoms with Gasteiger partial charge in [-0.3, -0.25) is 0 Å². The smallest absolute Gasteiger partial charge is 0.313 e. The van der Waals surface area contributed by atoms with Gasteiger partial charge in [0.15, 0.2) is 11.6 Å². The van der Waals surface area contributed by atoms with Crippen LogP contribution in [-0.2, 0) is 0 Å². The second-order valence-corrected chi connectivity index (χ2v) is 3.00. The second kappa shape index (κ2) is 3.30. The molecular formula is C9H7F2N3O. The Bertz CT molecular complexity index is 510. The van der Waals surface area contributed by atoms with Crippen LogP contribution in [0.15, 0.2) is 16.5 Å². The number of anilines is 1. The number of aryl methyl sites for hydroxylation is 1. The molecule has 0 spiro atoms. The minimum absolute atomic E-state index is 0.0563. The third-order valence-electron chi connectivity index (χ3n) is 1.96. The molecule has 0 fully saturated rings. The Hall–Kier alpha value is -1.98.